The highest BCUT2D eigenvalue weighted by Gasteiger charge is 2.48. The van der Waals surface area contributed by atoms with Crippen LogP contribution in [-0.2, 0) is 22.6 Å². The second-order valence-corrected chi connectivity index (χ2v) is 11.8. The minimum absolute atomic E-state index is 0.0183. The van der Waals surface area contributed by atoms with Crippen LogP contribution in [0.1, 0.15) is 76.9 Å². The van der Waals surface area contributed by atoms with E-state index in [0.29, 0.717) is 30.1 Å². The van der Waals surface area contributed by atoms with Gasteiger partial charge in [0.2, 0.25) is 11.8 Å². The third-order valence-electron chi connectivity index (χ3n) is 7.84. The number of rotatable bonds is 15. The summed E-state index contributed by atoms with van der Waals surface area (Å²) in [6.45, 7) is 11.2. The first-order valence-electron chi connectivity index (χ1n) is 15.0. The fourth-order valence-electron chi connectivity index (χ4n) is 5.85. The molecule has 0 saturated heterocycles. The number of hydrogen-bond donors (Lipinski definition) is 3. The minimum atomic E-state index is -1.49. The van der Waals surface area contributed by atoms with Crippen LogP contribution in [0, 0.1) is 23.0 Å². The van der Waals surface area contributed by atoms with Crippen LogP contribution in [0.2, 0.25) is 0 Å². The van der Waals surface area contributed by atoms with E-state index in [1.807, 2.05) is 33.8 Å². The molecule has 1 aromatic carbocycles. The molecule has 2 aromatic rings. The third kappa shape index (κ3) is 8.76. The Bertz CT molecular complexity index is 1320. The number of carbonyl (C=O) groups is 2. The van der Waals surface area contributed by atoms with Gasteiger partial charge >= 0.3 is 0 Å². The average Bonchev–Trinajstić information content (AvgIpc) is 2.94. The van der Waals surface area contributed by atoms with E-state index < -0.39 is 35.0 Å². The number of nitrogens with zero attached hydrogens (tertiary/aromatic N) is 3. The van der Waals surface area contributed by atoms with Crippen LogP contribution >= 0.6 is 0 Å². The molecule has 0 saturated carbocycles. The molecule has 1 heterocycles. The van der Waals surface area contributed by atoms with E-state index in [1.54, 1.807) is 30.2 Å². The van der Waals surface area contributed by atoms with Crippen LogP contribution in [0.4, 0.5) is 8.78 Å². The Hall–Kier alpha value is -3.50. The third-order valence-corrected chi connectivity index (χ3v) is 7.84. The summed E-state index contributed by atoms with van der Waals surface area (Å²) in [4.78, 5) is 37.7. The molecule has 1 unspecified atom stereocenters. The molecule has 43 heavy (non-hydrogen) atoms. The van der Waals surface area contributed by atoms with Gasteiger partial charge < -0.3 is 21.1 Å². The van der Waals surface area contributed by atoms with E-state index in [-0.39, 0.29) is 43.3 Å². The molecule has 10 heteroatoms. The second kappa shape index (κ2) is 15.3. The van der Waals surface area contributed by atoms with Gasteiger partial charge in [0.25, 0.3) is 0 Å². The van der Waals surface area contributed by atoms with E-state index in [4.69, 9.17) is 5.73 Å². The van der Waals surface area contributed by atoms with Gasteiger partial charge in [0.15, 0.2) is 0 Å². The fourth-order valence-corrected chi connectivity index (χ4v) is 5.85. The summed E-state index contributed by atoms with van der Waals surface area (Å²) in [6.07, 6.45) is 5.39. The van der Waals surface area contributed by atoms with Crippen molar-refractivity contribution >= 4 is 11.8 Å². The van der Waals surface area contributed by atoms with Crippen molar-refractivity contribution in [3.8, 4) is 0 Å². The van der Waals surface area contributed by atoms with Crippen LogP contribution in [0.5, 0.6) is 0 Å². The zero-order valence-electron chi connectivity index (χ0n) is 25.9. The van der Waals surface area contributed by atoms with Gasteiger partial charge in [-0.05, 0) is 62.3 Å². The van der Waals surface area contributed by atoms with Crippen LogP contribution in [-0.4, -0.2) is 57.5 Å². The lowest BCUT2D eigenvalue weighted by Crippen LogP contribution is -2.51. The number of nitrogens with one attached hydrogen (secondary N) is 1. The normalized spacial score (nSPS) is 18.2. The summed E-state index contributed by atoms with van der Waals surface area (Å²) >= 11 is 0. The zero-order chi connectivity index (χ0) is 31.7. The van der Waals surface area contributed by atoms with Crippen LogP contribution in [0.25, 0.3) is 0 Å². The number of carbonyl (C=O) groups excluding carboxylic acids is 2. The Morgan fingerprint density at radius 1 is 1.14 bits per heavy atom. The second-order valence-electron chi connectivity index (χ2n) is 11.8. The maximum Gasteiger partial charge on any atom is 0.249 e. The molecule has 1 aliphatic rings. The van der Waals surface area contributed by atoms with Gasteiger partial charge in [-0.3, -0.25) is 9.59 Å². The molecule has 0 bridgehead atoms. The topological polar surface area (TPSA) is 121 Å². The van der Waals surface area contributed by atoms with Crippen molar-refractivity contribution in [3.63, 3.8) is 0 Å². The van der Waals surface area contributed by atoms with Crippen LogP contribution in [0.3, 0.4) is 0 Å². The van der Waals surface area contributed by atoms with Gasteiger partial charge in [0.1, 0.15) is 17.5 Å². The van der Waals surface area contributed by atoms with E-state index in [9.17, 15) is 23.5 Å². The maximum atomic E-state index is 14.2. The molecular weight excluding hydrogens is 552 g/mol. The monoisotopic (exact) mass is 597 g/mol. The van der Waals surface area contributed by atoms with Crippen molar-refractivity contribution in [3.05, 3.63) is 82.5 Å². The van der Waals surface area contributed by atoms with Gasteiger partial charge in [-0.15, -0.1) is 0 Å². The number of aliphatic hydroxyl groups excluding tert-OH is 1. The number of allylic oxidation sites excluding steroid dienone is 2. The van der Waals surface area contributed by atoms with Gasteiger partial charge in [-0.25, -0.2) is 18.7 Å². The first-order chi connectivity index (χ1) is 20.4. The average molecular weight is 598 g/mol. The number of benzene rings is 1. The number of primary amides is 1. The van der Waals surface area contributed by atoms with E-state index in [1.165, 1.54) is 12.1 Å². The summed E-state index contributed by atoms with van der Waals surface area (Å²) in [7, 11) is 0. The van der Waals surface area contributed by atoms with Crippen molar-refractivity contribution in [2.24, 2.45) is 17.1 Å². The molecule has 4 N–H and O–H groups in total. The number of amides is 2. The molecule has 1 aromatic heterocycles. The molecule has 0 fully saturated rings. The van der Waals surface area contributed by atoms with Crippen molar-refractivity contribution in [2.75, 3.05) is 19.6 Å². The largest absolute Gasteiger partial charge is 0.391 e. The van der Waals surface area contributed by atoms with Crippen molar-refractivity contribution in [2.45, 2.75) is 78.9 Å². The highest BCUT2D eigenvalue weighted by molar-refractivity contribution is 5.96. The molecule has 2 amide bonds. The molecule has 3 atom stereocenters. The number of aromatic nitrogens is 2. The molecular formula is C33H45F2N5O3. The number of nitrogens with two attached hydrogens (primary N) is 1. The maximum absolute atomic E-state index is 14.2. The summed E-state index contributed by atoms with van der Waals surface area (Å²) in [5.41, 5.74) is 6.82. The predicted octanol–water partition coefficient (Wildman–Crippen LogP) is 4.58. The lowest BCUT2D eigenvalue weighted by molar-refractivity contribution is -0.132. The lowest BCUT2D eigenvalue weighted by Gasteiger charge is -2.42. The number of halogens is 2. The minimum Gasteiger partial charge on any atom is -0.391 e. The van der Waals surface area contributed by atoms with Gasteiger partial charge in [0.05, 0.1) is 18.1 Å². The van der Waals surface area contributed by atoms with Gasteiger partial charge in [-0.1, -0.05) is 45.4 Å². The van der Waals surface area contributed by atoms with E-state index >= 15 is 0 Å². The highest BCUT2D eigenvalue weighted by Crippen LogP contribution is 2.44. The highest BCUT2D eigenvalue weighted by atomic mass is 19.1. The van der Waals surface area contributed by atoms with Crippen molar-refractivity contribution in [1.29, 1.82) is 0 Å². The van der Waals surface area contributed by atoms with Crippen molar-refractivity contribution < 1.29 is 23.5 Å². The SMILES string of the molecule is CCCN(CCC)C(=O)C1=CC(C)=CC(C(N)=O)([C@H](Cc2cc(F)cc(F)c2)[C@@H](O)CNCc2nccc(C(C)C)n2)C1. The summed E-state index contributed by atoms with van der Waals surface area (Å²) in [5, 5.41) is 14.8. The Balaban J connectivity index is 1.97. The molecule has 0 aliphatic heterocycles. The molecule has 234 valence electrons. The fraction of sp³-hybridized carbons (Fsp3) is 0.515. The van der Waals surface area contributed by atoms with Gasteiger partial charge in [-0.2, -0.15) is 0 Å². The van der Waals surface area contributed by atoms with Crippen LogP contribution < -0.4 is 11.1 Å². The summed E-state index contributed by atoms with van der Waals surface area (Å²) < 4.78 is 28.5. The lowest BCUT2D eigenvalue weighted by atomic mass is 9.63. The zero-order valence-corrected chi connectivity index (χ0v) is 25.9. The molecule has 8 nitrogen and oxygen atoms in total. The molecule has 0 radical (unpaired) electrons. The van der Waals surface area contributed by atoms with Crippen molar-refractivity contribution in [1.82, 2.24) is 20.2 Å². The Morgan fingerprint density at radius 2 is 1.79 bits per heavy atom. The number of aliphatic hydroxyl groups is 1. The van der Waals surface area contributed by atoms with E-state index in [0.717, 1.165) is 24.6 Å². The van der Waals surface area contributed by atoms with Gasteiger partial charge in [0, 0.05) is 49.1 Å². The quantitative estimate of drug-likeness (QED) is 0.276. The summed E-state index contributed by atoms with van der Waals surface area (Å²) in [5.74, 6) is -2.60. The molecule has 0 spiro atoms. The summed E-state index contributed by atoms with van der Waals surface area (Å²) in [6, 6.07) is 4.98. The number of hydrogen-bond acceptors (Lipinski definition) is 6. The standard InChI is InChI=1S/C33H45F2N5O3/c1-6-10-40(11-7-2)31(42)24-12-22(5)17-33(18-24,32(36)43)27(15-23-13-25(34)16-26(35)14-23)29(41)19-37-20-30-38-9-8-28(39-30)21(3)4/h8-9,12-14,16-17,21,27,29,37,41H,6-7,10-11,15,18-20H2,1-5H3,(H2,36,43)/t27-,29+,33?/m1/s1. The Labute approximate surface area is 253 Å². The van der Waals surface area contributed by atoms with Crippen LogP contribution in [0.15, 0.2) is 53.8 Å². The first-order valence-corrected chi connectivity index (χ1v) is 15.0. The first kappa shape index (κ1) is 34.0. The molecule has 3 rings (SSSR count). The Morgan fingerprint density at radius 3 is 2.37 bits per heavy atom. The van der Waals surface area contributed by atoms with E-state index in [2.05, 4.69) is 15.3 Å². The molecule has 1 aliphatic carbocycles. The Kier molecular flexibility index (Phi) is 12.1. The predicted molar refractivity (Wildman–Crippen MR) is 163 cm³/mol. The smallest absolute Gasteiger partial charge is 0.249 e.